The molecule has 0 spiro atoms. The number of ether oxygens (including phenoxy) is 3. The lowest BCUT2D eigenvalue weighted by molar-refractivity contribution is -0.138. The molecule has 2 heterocycles. The Morgan fingerprint density at radius 3 is 2.51 bits per heavy atom. The standard InChI is InChI=1S/C31H24BrN3O5S/c1-3-39-30(37)25-26(20-10-6-4-7-11-20)34-31-35(27(25)21-12-8-5-9-13-21)29(36)24(41-31)18-19-16-22(32)28(40-15-14-33)23(17-19)38-2/h4-13,16-18,27H,3,15H2,1-2H3/b24-18-/t27-/m0/s1. The lowest BCUT2D eigenvalue weighted by Crippen LogP contribution is -2.39. The lowest BCUT2D eigenvalue weighted by atomic mass is 9.93. The van der Waals surface area contributed by atoms with Crippen molar-refractivity contribution < 1.29 is 19.0 Å². The summed E-state index contributed by atoms with van der Waals surface area (Å²) in [6, 6.07) is 23.5. The molecule has 8 nitrogen and oxygen atoms in total. The predicted molar refractivity (Wildman–Crippen MR) is 159 cm³/mol. The second-order valence-corrected chi connectivity index (χ2v) is 10.7. The summed E-state index contributed by atoms with van der Waals surface area (Å²) >= 11 is 4.71. The Bertz CT molecular complexity index is 1860. The molecule has 0 bridgehead atoms. The van der Waals surface area contributed by atoms with E-state index < -0.39 is 12.0 Å². The van der Waals surface area contributed by atoms with Crippen LogP contribution in [0.2, 0.25) is 0 Å². The van der Waals surface area contributed by atoms with Crippen molar-refractivity contribution in [3.8, 4) is 17.6 Å². The van der Waals surface area contributed by atoms with Crippen LogP contribution in [0.15, 0.2) is 92.6 Å². The van der Waals surface area contributed by atoms with Crippen LogP contribution in [0.25, 0.3) is 11.8 Å². The Hall–Kier alpha value is -4.46. The maximum absolute atomic E-state index is 14.0. The maximum atomic E-state index is 14.0. The van der Waals surface area contributed by atoms with E-state index in [9.17, 15) is 9.59 Å². The van der Waals surface area contributed by atoms with Crippen molar-refractivity contribution in [3.05, 3.63) is 119 Å². The van der Waals surface area contributed by atoms with Gasteiger partial charge in [0.15, 0.2) is 22.9 Å². The largest absolute Gasteiger partial charge is 0.493 e. The molecule has 3 aromatic carbocycles. The summed E-state index contributed by atoms with van der Waals surface area (Å²) in [5.41, 5.74) is 2.65. The number of thiazole rings is 1. The molecule has 5 rings (SSSR count). The molecule has 0 saturated carbocycles. The van der Waals surface area contributed by atoms with E-state index in [1.807, 2.05) is 66.7 Å². The minimum absolute atomic E-state index is 0.140. The number of nitriles is 1. The van der Waals surface area contributed by atoms with Gasteiger partial charge < -0.3 is 14.2 Å². The molecule has 206 valence electrons. The Balaban J connectivity index is 1.76. The summed E-state index contributed by atoms with van der Waals surface area (Å²) in [6.07, 6.45) is 1.74. The molecule has 0 N–H and O–H groups in total. The number of fused-ring (bicyclic) bond motifs is 1. The third-order valence-corrected chi connectivity index (χ3v) is 7.89. The van der Waals surface area contributed by atoms with E-state index in [0.29, 0.717) is 42.1 Å². The molecule has 0 saturated heterocycles. The SMILES string of the molecule is CCOC(=O)C1=C(c2ccccc2)N=c2s/c(=C\c3cc(Br)c(OCC#N)c(OC)c3)c(=O)n2[C@H]1c1ccccc1. The van der Waals surface area contributed by atoms with Gasteiger partial charge in [0.1, 0.15) is 6.07 Å². The number of nitrogens with zero attached hydrogens (tertiary/aromatic N) is 3. The second kappa shape index (κ2) is 12.4. The van der Waals surface area contributed by atoms with Gasteiger partial charge in [0, 0.05) is 5.56 Å². The van der Waals surface area contributed by atoms with Gasteiger partial charge in [-0.15, -0.1) is 0 Å². The second-order valence-electron chi connectivity index (χ2n) is 8.82. The van der Waals surface area contributed by atoms with E-state index in [4.69, 9.17) is 24.5 Å². The number of methoxy groups -OCH3 is 1. The smallest absolute Gasteiger partial charge is 0.338 e. The number of rotatable bonds is 8. The van der Waals surface area contributed by atoms with Crippen LogP contribution in [0.4, 0.5) is 0 Å². The maximum Gasteiger partial charge on any atom is 0.338 e. The first-order valence-corrected chi connectivity index (χ1v) is 14.3. The molecule has 1 aliphatic rings. The van der Waals surface area contributed by atoms with Crippen LogP contribution in [0.5, 0.6) is 11.5 Å². The molecule has 4 aromatic rings. The number of halogens is 1. The zero-order chi connectivity index (χ0) is 28.9. The molecule has 1 aromatic heterocycles. The molecule has 0 unspecified atom stereocenters. The Morgan fingerprint density at radius 2 is 1.85 bits per heavy atom. The van der Waals surface area contributed by atoms with Gasteiger partial charge in [-0.05, 0) is 52.2 Å². The van der Waals surface area contributed by atoms with Crippen LogP contribution >= 0.6 is 27.3 Å². The minimum atomic E-state index is -0.744. The van der Waals surface area contributed by atoms with Crippen LogP contribution < -0.4 is 24.4 Å². The zero-order valence-electron chi connectivity index (χ0n) is 22.2. The molecule has 41 heavy (non-hydrogen) atoms. The first-order valence-electron chi connectivity index (χ1n) is 12.7. The van der Waals surface area contributed by atoms with Crippen molar-refractivity contribution in [3.63, 3.8) is 0 Å². The summed E-state index contributed by atoms with van der Waals surface area (Å²) < 4.78 is 19.0. The van der Waals surface area contributed by atoms with Gasteiger partial charge in [-0.1, -0.05) is 72.0 Å². The summed E-state index contributed by atoms with van der Waals surface area (Å²) in [6.45, 7) is 1.79. The van der Waals surface area contributed by atoms with Gasteiger partial charge in [-0.3, -0.25) is 9.36 Å². The number of carbonyl (C=O) groups is 1. The first kappa shape index (κ1) is 28.1. The van der Waals surface area contributed by atoms with Gasteiger partial charge >= 0.3 is 5.97 Å². The topological polar surface area (TPSA) is 103 Å². The molecule has 0 fully saturated rings. The molecule has 0 radical (unpaired) electrons. The van der Waals surface area contributed by atoms with Crippen molar-refractivity contribution >= 4 is 45.0 Å². The third kappa shape index (κ3) is 5.59. The van der Waals surface area contributed by atoms with Gasteiger partial charge in [-0.25, -0.2) is 9.79 Å². The van der Waals surface area contributed by atoms with Crippen molar-refractivity contribution in [1.82, 2.24) is 4.57 Å². The molecule has 10 heteroatoms. The van der Waals surface area contributed by atoms with Crippen LogP contribution in [-0.2, 0) is 9.53 Å². The number of carbonyl (C=O) groups excluding carboxylic acids is 1. The average molecular weight is 631 g/mol. The van der Waals surface area contributed by atoms with Crippen molar-refractivity contribution in [2.75, 3.05) is 20.3 Å². The normalized spacial score (nSPS) is 14.6. The van der Waals surface area contributed by atoms with E-state index in [1.165, 1.54) is 18.4 Å². The summed E-state index contributed by atoms with van der Waals surface area (Å²) in [7, 11) is 1.50. The molecule has 0 aliphatic carbocycles. The van der Waals surface area contributed by atoms with Crippen LogP contribution in [-0.4, -0.2) is 30.9 Å². The Labute approximate surface area is 248 Å². The first-order chi connectivity index (χ1) is 20.0. The van der Waals surface area contributed by atoms with E-state index in [2.05, 4.69) is 15.9 Å². The predicted octanol–water partition coefficient (Wildman–Crippen LogP) is 4.61. The fraction of sp³-hybridized carbons (Fsp3) is 0.161. The lowest BCUT2D eigenvalue weighted by Gasteiger charge is -2.25. The highest BCUT2D eigenvalue weighted by Gasteiger charge is 2.35. The quantitative estimate of drug-likeness (QED) is 0.264. The van der Waals surface area contributed by atoms with Crippen LogP contribution in [0, 0.1) is 11.3 Å². The fourth-order valence-electron chi connectivity index (χ4n) is 4.61. The van der Waals surface area contributed by atoms with E-state index in [0.717, 1.165) is 11.1 Å². The highest BCUT2D eigenvalue weighted by atomic mass is 79.9. The number of benzene rings is 3. The summed E-state index contributed by atoms with van der Waals surface area (Å²) in [4.78, 5) is 32.8. The van der Waals surface area contributed by atoms with Gasteiger partial charge in [0.05, 0.1) is 40.0 Å². The zero-order valence-corrected chi connectivity index (χ0v) is 24.6. The number of hydrogen-bond acceptors (Lipinski definition) is 8. The highest BCUT2D eigenvalue weighted by Crippen LogP contribution is 2.37. The third-order valence-electron chi connectivity index (χ3n) is 6.32. The molecule has 0 amide bonds. The van der Waals surface area contributed by atoms with Crippen LogP contribution in [0.3, 0.4) is 0 Å². The number of hydrogen-bond donors (Lipinski definition) is 0. The Kier molecular flexibility index (Phi) is 8.47. The van der Waals surface area contributed by atoms with Crippen molar-refractivity contribution in [2.45, 2.75) is 13.0 Å². The average Bonchev–Trinajstić information content (AvgIpc) is 3.30. The number of esters is 1. The molecular weight excluding hydrogens is 606 g/mol. The van der Waals surface area contributed by atoms with Crippen molar-refractivity contribution in [2.24, 2.45) is 4.99 Å². The molecular formula is C31H24BrN3O5S. The molecule has 1 atom stereocenters. The number of aromatic nitrogens is 1. The molecule has 1 aliphatic heterocycles. The highest BCUT2D eigenvalue weighted by molar-refractivity contribution is 9.10. The van der Waals surface area contributed by atoms with E-state index >= 15 is 0 Å². The minimum Gasteiger partial charge on any atom is -0.493 e. The Morgan fingerprint density at radius 1 is 1.15 bits per heavy atom. The fourth-order valence-corrected chi connectivity index (χ4v) is 6.19. The van der Waals surface area contributed by atoms with Crippen molar-refractivity contribution in [1.29, 1.82) is 5.26 Å². The van der Waals surface area contributed by atoms with E-state index in [1.54, 1.807) is 29.7 Å². The van der Waals surface area contributed by atoms with E-state index in [-0.39, 0.29) is 18.8 Å². The summed E-state index contributed by atoms with van der Waals surface area (Å²) in [5, 5.41) is 8.91. The van der Waals surface area contributed by atoms with Gasteiger partial charge in [-0.2, -0.15) is 5.26 Å². The van der Waals surface area contributed by atoms with Crippen LogP contribution in [0.1, 0.15) is 29.7 Å². The van der Waals surface area contributed by atoms with Gasteiger partial charge in [0.2, 0.25) is 0 Å². The van der Waals surface area contributed by atoms with Gasteiger partial charge in [0.25, 0.3) is 5.56 Å². The monoisotopic (exact) mass is 629 g/mol. The summed E-state index contributed by atoms with van der Waals surface area (Å²) in [5.74, 6) is 0.273.